The normalized spacial score (nSPS) is 11.0. The van der Waals surface area contributed by atoms with Gasteiger partial charge in [0.2, 0.25) is 0 Å². The Labute approximate surface area is 125 Å². The summed E-state index contributed by atoms with van der Waals surface area (Å²) >= 11 is 7.05. The number of hydrogen-bond donors (Lipinski definition) is 2. The first kappa shape index (κ1) is 16.0. The molecule has 2 N–H and O–H groups in total. The van der Waals surface area contributed by atoms with E-state index in [2.05, 4.69) is 49.3 Å². The van der Waals surface area contributed by atoms with Crippen molar-refractivity contribution in [2.45, 2.75) is 32.9 Å². The van der Waals surface area contributed by atoms with Gasteiger partial charge in [0.05, 0.1) is 15.0 Å². The summed E-state index contributed by atoms with van der Waals surface area (Å²) in [4.78, 5) is 0. The Morgan fingerprint density at radius 3 is 2.39 bits per heavy atom. The largest absolute Gasteiger partial charge is 0.489 e. The molecular weight excluding hydrogens is 362 g/mol. The maximum Gasteiger partial charge on any atom is 0.148 e. The predicted octanol–water partition coefficient (Wildman–Crippen LogP) is 3.47. The van der Waals surface area contributed by atoms with Crippen LogP contribution in [0.5, 0.6) is 5.75 Å². The first-order valence-corrected chi connectivity index (χ1v) is 7.59. The number of nitrogens with one attached hydrogen (secondary N) is 1. The van der Waals surface area contributed by atoms with Gasteiger partial charge >= 0.3 is 0 Å². The maximum atomic E-state index is 8.70. The summed E-state index contributed by atoms with van der Waals surface area (Å²) in [6.45, 7) is 5.82. The molecule has 1 aromatic carbocycles. The van der Waals surface area contributed by atoms with Crippen LogP contribution in [0.2, 0.25) is 0 Å². The quantitative estimate of drug-likeness (QED) is 0.711. The van der Waals surface area contributed by atoms with Crippen molar-refractivity contribution in [1.82, 2.24) is 5.32 Å². The van der Waals surface area contributed by atoms with Gasteiger partial charge in [0.15, 0.2) is 0 Å². The molecule has 0 amide bonds. The Hall–Kier alpha value is -0.100. The summed E-state index contributed by atoms with van der Waals surface area (Å²) in [6, 6.07) is 4.10. The minimum absolute atomic E-state index is 0.145. The van der Waals surface area contributed by atoms with Crippen molar-refractivity contribution in [1.29, 1.82) is 0 Å². The van der Waals surface area contributed by atoms with Crippen molar-refractivity contribution < 1.29 is 9.84 Å². The van der Waals surface area contributed by atoms with E-state index in [0.717, 1.165) is 34.2 Å². The molecule has 5 heteroatoms. The van der Waals surface area contributed by atoms with Crippen LogP contribution in [0.3, 0.4) is 0 Å². The average Bonchev–Trinajstić information content (AvgIpc) is 2.29. The third-order valence-corrected chi connectivity index (χ3v) is 3.43. The van der Waals surface area contributed by atoms with Gasteiger partial charge in [-0.2, -0.15) is 0 Å². The fraction of sp³-hybridized carbons (Fsp3) is 0.538. The van der Waals surface area contributed by atoms with E-state index in [-0.39, 0.29) is 12.7 Å². The standard InChI is InChI=1S/C13H19Br2NO2/c1-9(2)18-13-11(14)6-10(7-12(13)15)8-16-4-3-5-17/h6-7,9,16-17H,3-5,8H2,1-2H3. The lowest BCUT2D eigenvalue weighted by Gasteiger charge is -2.15. The molecule has 0 saturated heterocycles. The molecule has 1 aromatic rings. The van der Waals surface area contributed by atoms with E-state index in [0.29, 0.717) is 0 Å². The average molecular weight is 381 g/mol. The Kier molecular flexibility index (Phi) is 7.22. The Bertz CT molecular complexity index is 360. The second-order valence-corrected chi connectivity index (χ2v) is 6.02. The zero-order valence-electron chi connectivity index (χ0n) is 10.7. The van der Waals surface area contributed by atoms with Crippen molar-refractivity contribution in [3.8, 4) is 5.75 Å². The maximum absolute atomic E-state index is 8.70. The molecule has 18 heavy (non-hydrogen) atoms. The molecule has 0 bridgehead atoms. The molecule has 0 spiro atoms. The molecule has 0 saturated carbocycles. The minimum Gasteiger partial charge on any atom is -0.489 e. The highest BCUT2D eigenvalue weighted by atomic mass is 79.9. The molecule has 0 atom stereocenters. The SMILES string of the molecule is CC(C)Oc1c(Br)cc(CNCCCO)cc1Br. The van der Waals surface area contributed by atoms with Crippen molar-refractivity contribution >= 4 is 31.9 Å². The second-order valence-electron chi connectivity index (χ2n) is 4.31. The van der Waals surface area contributed by atoms with Crippen LogP contribution in [0.1, 0.15) is 25.8 Å². The molecule has 1 rings (SSSR count). The number of aliphatic hydroxyl groups excluding tert-OH is 1. The number of benzene rings is 1. The van der Waals surface area contributed by atoms with Gasteiger partial charge in [-0.15, -0.1) is 0 Å². The van der Waals surface area contributed by atoms with E-state index in [4.69, 9.17) is 9.84 Å². The monoisotopic (exact) mass is 379 g/mol. The first-order chi connectivity index (χ1) is 8.54. The van der Waals surface area contributed by atoms with Crippen molar-refractivity contribution in [3.63, 3.8) is 0 Å². The van der Waals surface area contributed by atoms with E-state index in [1.807, 2.05) is 13.8 Å². The van der Waals surface area contributed by atoms with Gasteiger partial charge in [-0.25, -0.2) is 0 Å². The molecule has 3 nitrogen and oxygen atoms in total. The topological polar surface area (TPSA) is 41.5 Å². The number of rotatable bonds is 7. The highest BCUT2D eigenvalue weighted by Gasteiger charge is 2.10. The predicted molar refractivity (Wildman–Crippen MR) is 81.0 cm³/mol. The van der Waals surface area contributed by atoms with Crippen LogP contribution >= 0.6 is 31.9 Å². The molecule has 102 valence electrons. The van der Waals surface area contributed by atoms with Crippen molar-refractivity contribution in [2.75, 3.05) is 13.2 Å². The van der Waals surface area contributed by atoms with Gasteiger partial charge in [0, 0.05) is 13.2 Å². The molecule has 0 fully saturated rings. The summed E-state index contributed by atoms with van der Waals surface area (Å²) in [5.41, 5.74) is 1.17. The summed E-state index contributed by atoms with van der Waals surface area (Å²) in [5.74, 6) is 0.837. The second kappa shape index (κ2) is 8.15. The van der Waals surface area contributed by atoms with E-state index in [1.54, 1.807) is 0 Å². The summed E-state index contributed by atoms with van der Waals surface area (Å²) in [5, 5.41) is 12.0. The Morgan fingerprint density at radius 2 is 1.89 bits per heavy atom. The zero-order valence-corrected chi connectivity index (χ0v) is 13.8. The molecule has 0 radical (unpaired) electrons. The van der Waals surface area contributed by atoms with Crippen LogP contribution in [0.15, 0.2) is 21.1 Å². The molecule has 0 aliphatic rings. The van der Waals surface area contributed by atoms with Crippen LogP contribution < -0.4 is 10.1 Å². The van der Waals surface area contributed by atoms with Crippen LogP contribution in [0.25, 0.3) is 0 Å². The molecular formula is C13H19Br2NO2. The first-order valence-electron chi connectivity index (χ1n) is 6.00. The van der Waals surface area contributed by atoms with Crippen molar-refractivity contribution in [3.05, 3.63) is 26.6 Å². The summed E-state index contributed by atoms with van der Waals surface area (Å²) in [6.07, 6.45) is 0.919. The molecule has 0 aliphatic heterocycles. The number of halogens is 2. The van der Waals surface area contributed by atoms with E-state index in [9.17, 15) is 0 Å². The van der Waals surface area contributed by atoms with Gasteiger partial charge in [-0.1, -0.05) is 0 Å². The number of aliphatic hydroxyl groups is 1. The van der Waals surface area contributed by atoms with Crippen LogP contribution in [0.4, 0.5) is 0 Å². The van der Waals surface area contributed by atoms with Crippen LogP contribution in [-0.2, 0) is 6.54 Å². The lowest BCUT2D eigenvalue weighted by molar-refractivity contribution is 0.239. The van der Waals surface area contributed by atoms with Gasteiger partial charge < -0.3 is 15.2 Å². The fourth-order valence-corrected chi connectivity index (χ4v) is 2.97. The molecule has 0 heterocycles. The van der Waals surface area contributed by atoms with Gasteiger partial charge in [0.1, 0.15) is 5.75 Å². The molecule has 0 unspecified atom stereocenters. The van der Waals surface area contributed by atoms with Crippen molar-refractivity contribution in [2.24, 2.45) is 0 Å². The minimum atomic E-state index is 0.145. The van der Waals surface area contributed by atoms with E-state index >= 15 is 0 Å². The van der Waals surface area contributed by atoms with Crippen LogP contribution in [-0.4, -0.2) is 24.4 Å². The highest BCUT2D eigenvalue weighted by molar-refractivity contribution is 9.11. The molecule has 0 aliphatic carbocycles. The lowest BCUT2D eigenvalue weighted by atomic mass is 10.2. The summed E-state index contributed by atoms with van der Waals surface area (Å²) in [7, 11) is 0. The smallest absolute Gasteiger partial charge is 0.148 e. The molecule has 0 aromatic heterocycles. The fourth-order valence-electron chi connectivity index (χ4n) is 1.50. The van der Waals surface area contributed by atoms with Gasteiger partial charge in [0.25, 0.3) is 0 Å². The van der Waals surface area contributed by atoms with E-state index < -0.39 is 0 Å². The highest BCUT2D eigenvalue weighted by Crippen LogP contribution is 2.35. The third kappa shape index (κ3) is 5.26. The lowest BCUT2D eigenvalue weighted by Crippen LogP contribution is -2.16. The number of hydrogen-bond acceptors (Lipinski definition) is 3. The van der Waals surface area contributed by atoms with E-state index in [1.165, 1.54) is 5.56 Å². The Balaban J connectivity index is 2.67. The number of ether oxygens (including phenoxy) is 1. The van der Waals surface area contributed by atoms with Gasteiger partial charge in [-0.3, -0.25) is 0 Å². The summed E-state index contributed by atoms with van der Waals surface area (Å²) < 4.78 is 7.62. The third-order valence-electron chi connectivity index (χ3n) is 2.25. The zero-order chi connectivity index (χ0) is 13.5. The Morgan fingerprint density at radius 1 is 1.28 bits per heavy atom. The van der Waals surface area contributed by atoms with Crippen LogP contribution in [0, 0.1) is 0 Å². The van der Waals surface area contributed by atoms with Gasteiger partial charge in [-0.05, 0) is 76.4 Å².